The number of aliphatic hydroxyl groups is 1. The van der Waals surface area contributed by atoms with Crippen molar-refractivity contribution in [1.29, 1.82) is 0 Å². The molecule has 11 heteroatoms. The van der Waals surface area contributed by atoms with Gasteiger partial charge in [0, 0.05) is 66.8 Å². The van der Waals surface area contributed by atoms with Crippen molar-refractivity contribution in [3.63, 3.8) is 0 Å². The van der Waals surface area contributed by atoms with Crippen molar-refractivity contribution in [2.75, 3.05) is 38.7 Å². The molecular formula is C31H36N4O7. The Kier molecular flexibility index (Phi) is 6.58. The number of nitrogens with one attached hydrogen (secondary N) is 1. The van der Waals surface area contributed by atoms with Crippen LogP contribution in [0.25, 0.3) is 0 Å². The van der Waals surface area contributed by atoms with Crippen LogP contribution in [0.1, 0.15) is 42.6 Å². The Bertz CT molecular complexity index is 1480. The summed E-state index contributed by atoms with van der Waals surface area (Å²) >= 11 is 0. The first-order valence-electron chi connectivity index (χ1n) is 14.3. The van der Waals surface area contributed by atoms with Gasteiger partial charge in [-0.3, -0.25) is 24.6 Å². The van der Waals surface area contributed by atoms with Crippen LogP contribution >= 0.6 is 0 Å². The summed E-state index contributed by atoms with van der Waals surface area (Å²) in [5, 5.41) is 27.1. The lowest BCUT2D eigenvalue weighted by atomic mass is 9.47. The fourth-order valence-corrected chi connectivity index (χ4v) is 8.70. The minimum Gasteiger partial charge on any atom is -0.497 e. The second-order valence-corrected chi connectivity index (χ2v) is 11.9. The van der Waals surface area contributed by atoms with Crippen LogP contribution in [-0.2, 0) is 14.9 Å². The van der Waals surface area contributed by atoms with Crippen LogP contribution in [-0.4, -0.2) is 84.4 Å². The summed E-state index contributed by atoms with van der Waals surface area (Å²) < 4.78 is 11.7. The van der Waals surface area contributed by atoms with Gasteiger partial charge in [-0.1, -0.05) is 25.1 Å². The highest BCUT2D eigenvalue weighted by molar-refractivity contribution is 5.94. The first-order valence-corrected chi connectivity index (χ1v) is 14.3. The maximum atomic E-state index is 13.4. The number of fused-ring (bicyclic) bond motifs is 1. The average molecular weight is 577 g/mol. The average Bonchev–Trinajstić information content (AvgIpc) is 3.50. The molecule has 11 nitrogen and oxygen atoms in total. The van der Waals surface area contributed by atoms with Crippen LogP contribution in [0.3, 0.4) is 0 Å². The van der Waals surface area contributed by atoms with Crippen LogP contribution in [0.2, 0.25) is 0 Å². The van der Waals surface area contributed by atoms with E-state index in [4.69, 9.17) is 9.47 Å². The molecule has 2 fully saturated rings. The summed E-state index contributed by atoms with van der Waals surface area (Å²) in [5.74, 6) is -0.306. The number of likely N-dealkylation sites (N-methyl/N-ethyl adjacent to an activating group) is 1. The summed E-state index contributed by atoms with van der Waals surface area (Å²) in [7, 11) is 3.56. The maximum Gasteiger partial charge on any atom is 0.303 e. The van der Waals surface area contributed by atoms with E-state index in [0.717, 1.165) is 30.8 Å². The van der Waals surface area contributed by atoms with E-state index in [1.807, 2.05) is 19.2 Å². The smallest absolute Gasteiger partial charge is 0.303 e. The molecule has 2 aromatic rings. The van der Waals surface area contributed by atoms with Gasteiger partial charge in [0.05, 0.1) is 24.6 Å². The monoisotopic (exact) mass is 576 g/mol. The van der Waals surface area contributed by atoms with Crippen LogP contribution in [0.15, 0.2) is 54.6 Å². The normalized spacial score (nSPS) is 32.5. The number of carbonyl (C=O) groups is 2. The van der Waals surface area contributed by atoms with Crippen molar-refractivity contribution in [2.24, 2.45) is 5.41 Å². The molecule has 2 aromatic carbocycles. The number of hydrogen-bond acceptors (Lipinski definition) is 9. The molecule has 1 spiro atoms. The maximum absolute atomic E-state index is 13.4. The zero-order valence-electron chi connectivity index (χ0n) is 24.2. The Hall–Kier alpha value is -3.96. The summed E-state index contributed by atoms with van der Waals surface area (Å²) in [6.07, 6.45) is 4.63. The van der Waals surface area contributed by atoms with Gasteiger partial charge >= 0.3 is 5.97 Å². The molecule has 1 saturated heterocycles. The van der Waals surface area contributed by atoms with E-state index in [1.54, 1.807) is 7.11 Å². The number of nitrogens with zero attached hydrogens (tertiary/aromatic N) is 3. The summed E-state index contributed by atoms with van der Waals surface area (Å²) in [4.78, 5) is 41.1. The molecule has 3 aliphatic heterocycles. The first kappa shape index (κ1) is 28.2. The highest BCUT2D eigenvalue weighted by atomic mass is 16.6. The number of benzene rings is 2. The molecule has 1 amide bonds. The molecule has 42 heavy (non-hydrogen) atoms. The van der Waals surface area contributed by atoms with E-state index in [-0.39, 0.29) is 23.8 Å². The second-order valence-electron chi connectivity index (χ2n) is 11.9. The van der Waals surface area contributed by atoms with Gasteiger partial charge in [0.2, 0.25) is 0 Å². The third kappa shape index (κ3) is 3.72. The molecule has 1 saturated carbocycles. The summed E-state index contributed by atoms with van der Waals surface area (Å²) in [6, 6.07) is 10.7. The number of rotatable bonds is 7. The second kappa shape index (κ2) is 9.81. The number of carbonyl (C=O) groups excluding carboxylic acids is 2. The number of hydrogen-bond donors (Lipinski definition) is 2. The Labute approximate surface area is 244 Å². The first-order chi connectivity index (χ1) is 20.0. The molecule has 6 rings (SSSR count). The molecule has 0 aromatic heterocycles. The van der Waals surface area contributed by atoms with Crippen molar-refractivity contribution in [2.45, 2.75) is 55.9 Å². The number of nitro benzene ring substituents is 1. The van der Waals surface area contributed by atoms with Gasteiger partial charge in [-0.2, -0.15) is 0 Å². The zero-order chi connectivity index (χ0) is 30.0. The Morgan fingerprint density at radius 2 is 1.93 bits per heavy atom. The molecule has 3 heterocycles. The van der Waals surface area contributed by atoms with E-state index in [0.29, 0.717) is 12.2 Å². The molecule has 0 bridgehead atoms. The number of anilines is 1. The van der Waals surface area contributed by atoms with Gasteiger partial charge < -0.3 is 24.8 Å². The van der Waals surface area contributed by atoms with Crippen molar-refractivity contribution < 1.29 is 29.1 Å². The highest BCUT2D eigenvalue weighted by Gasteiger charge is 2.77. The standard InChI is InChI=1S/C31H36N4O7/c1-5-29-13-6-15-34-16-14-30(26(29)34)23-12-11-22(41-4)17-24(23)33(3)27(30)31(38,28(29)42-19(2)36)18-32-25(37)20-7-9-21(10-8-20)35(39)40/h6-13,17,26-28,38H,5,14-16,18H2,1-4H3,(H,32,37)/t26?,27-,28-,29-,30-,31+/m1/s1. The van der Waals surface area contributed by atoms with E-state index < -0.39 is 45.4 Å². The molecule has 222 valence electrons. The van der Waals surface area contributed by atoms with E-state index in [1.165, 1.54) is 31.2 Å². The zero-order valence-corrected chi connectivity index (χ0v) is 24.2. The lowest BCUT2D eigenvalue weighted by molar-refractivity contribution is -0.384. The van der Waals surface area contributed by atoms with Gasteiger partial charge in [-0.25, -0.2) is 0 Å². The molecule has 1 aliphatic carbocycles. The van der Waals surface area contributed by atoms with Gasteiger partial charge in [0.1, 0.15) is 17.5 Å². The van der Waals surface area contributed by atoms with Crippen molar-refractivity contribution >= 4 is 23.3 Å². The van der Waals surface area contributed by atoms with E-state index in [9.17, 15) is 24.8 Å². The summed E-state index contributed by atoms with van der Waals surface area (Å²) in [6.45, 7) is 4.77. The lowest BCUT2D eigenvalue weighted by Gasteiger charge is -2.64. The highest BCUT2D eigenvalue weighted by Crippen LogP contribution is 2.67. The quantitative estimate of drug-likeness (QED) is 0.221. The number of esters is 1. The Morgan fingerprint density at radius 1 is 1.19 bits per heavy atom. The number of methoxy groups -OCH3 is 1. The lowest BCUT2D eigenvalue weighted by Crippen LogP contribution is -2.81. The Morgan fingerprint density at radius 3 is 2.57 bits per heavy atom. The van der Waals surface area contributed by atoms with Crippen molar-refractivity contribution in [3.05, 3.63) is 75.9 Å². The largest absolute Gasteiger partial charge is 0.497 e. The van der Waals surface area contributed by atoms with Crippen molar-refractivity contribution in [3.8, 4) is 5.75 Å². The fourth-order valence-electron chi connectivity index (χ4n) is 8.70. The third-order valence-electron chi connectivity index (χ3n) is 10.1. The van der Waals surface area contributed by atoms with E-state index >= 15 is 0 Å². The SMILES string of the molecule is CC[C@]12C=CCN3CC[C@@]4(c5ccc(OC)cc5N(C)[C@H]4[C@@](O)(CNC(=O)c4ccc([N+](=O)[O-])cc4)[C@@H]1OC(C)=O)C32. The molecule has 2 N–H and O–H groups in total. The summed E-state index contributed by atoms with van der Waals surface area (Å²) in [5.41, 5.74) is -0.831. The number of amides is 1. The van der Waals surface area contributed by atoms with Gasteiger partial charge in [0.15, 0.2) is 0 Å². The number of ether oxygens (including phenoxy) is 2. The van der Waals surface area contributed by atoms with E-state index in [2.05, 4.69) is 40.3 Å². The predicted molar refractivity (Wildman–Crippen MR) is 155 cm³/mol. The molecular weight excluding hydrogens is 540 g/mol. The topological polar surface area (TPSA) is 134 Å². The number of non-ortho nitro benzene ring substituents is 1. The minimum absolute atomic E-state index is 0.0582. The fraction of sp³-hybridized carbons (Fsp3) is 0.484. The molecule has 1 unspecified atom stereocenters. The molecule has 6 atom stereocenters. The van der Waals surface area contributed by atoms with Crippen LogP contribution < -0.4 is 15.0 Å². The van der Waals surface area contributed by atoms with Gasteiger partial charge in [-0.15, -0.1) is 0 Å². The van der Waals surface area contributed by atoms with Gasteiger partial charge in [0.25, 0.3) is 11.6 Å². The minimum atomic E-state index is -1.71. The number of nitro groups is 1. The van der Waals surface area contributed by atoms with Crippen molar-refractivity contribution in [1.82, 2.24) is 10.2 Å². The molecule has 0 radical (unpaired) electrons. The Balaban J connectivity index is 1.50. The van der Waals surface area contributed by atoms with Gasteiger partial charge in [-0.05, 0) is 43.1 Å². The predicted octanol–water partition coefficient (Wildman–Crippen LogP) is 2.81. The third-order valence-corrected chi connectivity index (χ3v) is 10.1. The van der Waals surface area contributed by atoms with Crippen LogP contribution in [0.4, 0.5) is 11.4 Å². The van der Waals surface area contributed by atoms with Crippen LogP contribution in [0.5, 0.6) is 5.75 Å². The molecule has 4 aliphatic rings. The van der Waals surface area contributed by atoms with Crippen LogP contribution in [0, 0.1) is 15.5 Å².